The smallest absolute Gasteiger partial charge is 0.249 e. The Morgan fingerprint density at radius 1 is 1.67 bits per heavy atom. The van der Waals surface area contributed by atoms with Gasteiger partial charge in [0.1, 0.15) is 0 Å². The molecule has 2 nitrogen and oxygen atoms in total. The van der Waals surface area contributed by atoms with E-state index in [1.807, 2.05) is 18.7 Å². The summed E-state index contributed by atoms with van der Waals surface area (Å²) in [6, 6.07) is 0. The van der Waals surface area contributed by atoms with Crippen molar-refractivity contribution in [3.05, 3.63) is 24.8 Å². The largest absolute Gasteiger partial charge is 0.330 e. The lowest BCUT2D eigenvalue weighted by atomic mass is 10.0. The van der Waals surface area contributed by atoms with E-state index < -0.39 is 0 Å². The first-order valence-electron chi connectivity index (χ1n) is 4.09. The molecule has 1 fully saturated rings. The van der Waals surface area contributed by atoms with E-state index in [-0.39, 0.29) is 11.4 Å². The third-order valence-electron chi connectivity index (χ3n) is 2.24. The highest BCUT2D eigenvalue weighted by atomic mass is 16.2. The normalized spacial score (nSPS) is 21.7. The van der Waals surface area contributed by atoms with E-state index in [2.05, 4.69) is 13.2 Å². The first kappa shape index (κ1) is 9.04. The Morgan fingerprint density at radius 2 is 2.25 bits per heavy atom. The molecule has 1 aliphatic rings. The Balaban J connectivity index is 2.88. The van der Waals surface area contributed by atoms with Crippen molar-refractivity contribution in [3.63, 3.8) is 0 Å². The molecule has 0 aliphatic carbocycles. The summed E-state index contributed by atoms with van der Waals surface area (Å²) in [7, 11) is 0. The molecule has 1 saturated heterocycles. The molecule has 0 unspecified atom stereocenters. The maximum absolute atomic E-state index is 11.5. The molecule has 0 saturated carbocycles. The SMILES string of the molecule is C=CCN1C(=O)C(=C)CC1(C)C. The molecule has 2 heteroatoms. The third kappa shape index (κ3) is 1.29. The zero-order chi connectivity index (χ0) is 9.35. The van der Waals surface area contributed by atoms with E-state index in [1.54, 1.807) is 6.08 Å². The number of carbonyl (C=O) groups excluding carboxylic acids is 1. The summed E-state index contributed by atoms with van der Waals surface area (Å²) in [5.74, 6) is 0.0694. The number of hydrogen-bond acceptors (Lipinski definition) is 1. The molecule has 0 aromatic heterocycles. The zero-order valence-electron chi connectivity index (χ0n) is 7.76. The van der Waals surface area contributed by atoms with Gasteiger partial charge in [0.15, 0.2) is 0 Å². The Hall–Kier alpha value is -1.05. The van der Waals surface area contributed by atoms with Crippen LogP contribution >= 0.6 is 0 Å². The standard InChI is InChI=1S/C10H15NO/c1-5-6-11-9(12)8(2)7-10(11,3)4/h5H,1-2,6-7H2,3-4H3. The molecule has 0 atom stereocenters. The summed E-state index contributed by atoms with van der Waals surface area (Å²) in [5.41, 5.74) is 0.629. The van der Waals surface area contributed by atoms with E-state index in [4.69, 9.17) is 0 Å². The van der Waals surface area contributed by atoms with Gasteiger partial charge in [-0.15, -0.1) is 6.58 Å². The lowest BCUT2D eigenvalue weighted by molar-refractivity contribution is -0.127. The van der Waals surface area contributed by atoms with Gasteiger partial charge in [0.2, 0.25) is 5.91 Å². The first-order valence-corrected chi connectivity index (χ1v) is 4.09. The molecule has 0 spiro atoms. The second-order valence-corrected chi connectivity index (χ2v) is 3.80. The van der Waals surface area contributed by atoms with Crippen molar-refractivity contribution in [2.45, 2.75) is 25.8 Å². The van der Waals surface area contributed by atoms with Crippen molar-refractivity contribution in [2.75, 3.05) is 6.54 Å². The van der Waals surface area contributed by atoms with Crippen LogP contribution in [0, 0.1) is 0 Å². The zero-order valence-corrected chi connectivity index (χ0v) is 7.76. The Morgan fingerprint density at radius 3 is 2.58 bits per heavy atom. The molecular formula is C10H15NO. The van der Waals surface area contributed by atoms with Crippen LogP contribution in [-0.4, -0.2) is 22.9 Å². The minimum Gasteiger partial charge on any atom is -0.330 e. The average molecular weight is 165 g/mol. The molecule has 0 N–H and O–H groups in total. The van der Waals surface area contributed by atoms with Gasteiger partial charge >= 0.3 is 0 Å². The second-order valence-electron chi connectivity index (χ2n) is 3.80. The van der Waals surface area contributed by atoms with E-state index in [1.165, 1.54) is 0 Å². The van der Waals surface area contributed by atoms with Gasteiger partial charge in [0.25, 0.3) is 0 Å². The van der Waals surface area contributed by atoms with Gasteiger partial charge in [-0.2, -0.15) is 0 Å². The van der Waals surface area contributed by atoms with Gasteiger partial charge < -0.3 is 4.90 Å². The predicted molar refractivity (Wildman–Crippen MR) is 49.7 cm³/mol. The van der Waals surface area contributed by atoms with Crippen LogP contribution in [0.25, 0.3) is 0 Å². The van der Waals surface area contributed by atoms with Gasteiger partial charge in [0, 0.05) is 24.1 Å². The van der Waals surface area contributed by atoms with Crippen LogP contribution in [0.1, 0.15) is 20.3 Å². The van der Waals surface area contributed by atoms with Crippen molar-refractivity contribution < 1.29 is 4.79 Å². The van der Waals surface area contributed by atoms with Crippen LogP contribution in [0.3, 0.4) is 0 Å². The number of amides is 1. The van der Waals surface area contributed by atoms with Gasteiger partial charge in [-0.05, 0) is 13.8 Å². The van der Waals surface area contributed by atoms with Crippen molar-refractivity contribution in [2.24, 2.45) is 0 Å². The molecule has 1 rings (SSSR count). The molecule has 0 radical (unpaired) electrons. The number of likely N-dealkylation sites (tertiary alicyclic amines) is 1. The molecular weight excluding hydrogens is 150 g/mol. The fourth-order valence-electron chi connectivity index (χ4n) is 1.62. The summed E-state index contributed by atoms with van der Waals surface area (Å²) in [6.45, 7) is 12.1. The number of rotatable bonds is 2. The topological polar surface area (TPSA) is 20.3 Å². The fourth-order valence-corrected chi connectivity index (χ4v) is 1.62. The number of carbonyl (C=O) groups is 1. The lowest BCUT2D eigenvalue weighted by Crippen LogP contribution is -2.40. The van der Waals surface area contributed by atoms with Crippen LogP contribution in [0.4, 0.5) is 0 Å². The minimum absolute atomic E-state index is 0.0694. The van der Waals surface area contributed by atoms with Gasteiger partial charge in [0.05, 0.1) is 0 Å². The molecule has 66 valence electrons. The maximum atomic E-state index is 11.5. The van der Waals surface area contributed by atoms with Crippen molar-refractivity contribution in [1.82, 2.24) is 4.90 Å². The maximum Gasteiger partial charge on any atom is 0.249 e. The average Bonchev–Trinajstić information content (AvgIpc) is 2.13. The quantitative estimate of drug-likeness (QED) is 0.451. The van der Waals surface area contributed by atoms with Crippen molar-refractivity contribution in [3.8, 4) is 0 Å². The van der Waals surface area contributed by atoms with E-state index >= 15 is 0 Å². The van der Waals surface area contributed by atoms with Crippen LogP contribution in [-0.2, 0) is 4.79 Å². The summed E-state index contributed by atoms with van der Waals surface area (Å²) < 4.78 is 0. The van der Waals surface area contributed by atoms with E-state index in [0.29, 0.717) is 12.1 Å². The molecule has 1 amide bonds. The molecule has 0 aromatic carbocycles. The Kier molecular flexibility index (Phi) is 2.09. The Bertz CT molecular complexity index is 240. The molecule has 1 heterocycles. The van der Waals surface area contributed by atoms with Crippen LogP contribution in [0.5, 0.6) is 0 Å². The van der Waals surface area contributed by atoms with E-state index in [0.717, 1.165) is 6.42 Å². The van der Waals surface area contributed by atoms with Gasteiger partial charge in [-0.3, -0.25) is 4.79 Å². The predicted octanol–water partition coefficient (Wildman–Crippen LogP) is 1.74. The van der Waals surface area contributed by atoms with Gasteiger partial charge in [-0.25, -0.2) is 0 Å². The number of hydrogen-bond donors (Lipinski definition) is 0. The highest BCUT2D eigenvalue weighted by Gasteiger charge is 2.39. The number of nitrogens with zero attached hydrogens (tertiary/aromatic N) is 1. The summed E-state index contributed by atoms with van der Waals surface area (Å²) in [6.07, 6.45) is 2.51. The highest BCUT2D eigenvalue weighted by Crippen LogP contribution is 2.31. The second kappa shape index (κ2) is 2.77. The minimum atomic E-state index is -0.0810. The highest BCUT2D eigenvalue weighted by molar-refractivity contribution is 5.96. The fraction of sp³-hybridized carbons (Fsp3) is 0.500. The molecule has 0 bridgehead atoms. The monoisotopic (exact) mass is 165 g/mol. The lowest BCUT2D eigenvalue weighted by Gasteiger charge is -2.29. The van der Waals surface area contributed by atoms with Crippen LogP contribution in [0.15, 0.2) is 24.8 Å². The molecule has 0 aromatic rings. The van der Waals surface area contributed by atoms with E-state index in [9.17, 15) is 4.79 Å². The first-order chi connectivity index (χ1) is 5.49. The molecule has 1 aliphatic heterocycles. The van der Waals surface area contributed by atoms with Gasteiger partial charge in [-0.1, -0.05) is 12.7 Å². The third-order valence-corrected chi connectivity index (χ3v) is 2.24. The summed E-state index contributed by atoms with van der Waals surface area (Å²) >= 11 is 0. The summed E-state index contributed by atoms with van der Waals surface area (Å²) in [5, 5.41) is 0. The van der Waals surface area contributed by atoms with Crippen LogP contribution < -0.4 is 0 Å². The van der Waals surface area contributed by atoms with Crippen molar-refractivity contribution in [1.29, 1.82) is 0 Å². The summed E-state index contributed by atoms with van der Waals surface area (Å²) in [4.78, 5) is 13.3. The molecule has 12 heavy (non-hydrogen) atoms. The Labute approximate surface area is 73.6 Å². The van der Waals surface area contributed by atoms with Crippen LogP contribution in [0.2, 0.25) is 0 Å². The van der Waals surface area contributed by atoms with Crippen molar-refractivity contribution >= 4 is 5.91 Å².